The summed E-state index contributed by atoms with van der Waals surface area (Å²) in [6.07, 6.45) is 35.4. The summed E-state index contributed by atoms with van der Waals surface area (Å²) >= 11 is 0. The number of esters is 3. The molecule has 0 saturated heterocycles. The normalized spacial score (nSPS) is 18.2. The van der Waals surface area contributed by atoms with Gasteiger partial charge in [-0.3, -0.25) is 48.1 Å². The van der Waals surface area contributed by atoms with Crippen molar-refractivity contribution in [2.45, 2.75) is 289 Å². The highest BCUT2D eigenvalue weighted by Gasteiger charge is 2.45. The molecule has 6 amide bonds. The highest BCUT2D eigenvalue weighted by molar-refractivity contribution is 6.12. The molecule has 0 heterocycles. The van der Waals surface area contributed by atoms with E-state index in [4.69, 9.17) is 14.2 Å². The van der Waals surface area contributed by atoms with E-state index < -0.39 is 36.0 Å². The number of carbonyl (C=O) groups is 9. The molecule has 6 aliphatic carbocycles. The van der Waals surface area contributed by atoms with E-state index in [1.54, 1.807) is 77.7 Å². The Bertz CT molecular complexity index is 3290. The van der Waals surface area contributed by atoms with Gasteiger partial charge >= 0.3 is 17.9 Å². The van der Waals surface area contributed by atoms with E-state index in [0.717, 1.165) is 186 Å². The Kier molecular flexibility index (Phi) is 32.7. The highest BCUT2D eigenvalue weighted by atomic mass is 16.5. The Balaban J connectivity index is 0.000000193. The zero-order valence-electron chi connectivity index (χ0n) is 61.2. The zero-order valence-corrected chi connectivity index (χ0v) is 61.2. The number of nitrogens with zero attached hydrogens (tertiary/aromatic N) is 3. The number of rotatable bonds is 25. The number of unbranched alkanes of at least 4 members (excludes halogenated alkanes) is 2. The van der Waals surface area contributed by atoms with Gasteiger partial charge in [0.05, 0.1) is 16.7 Å². The van der Waals surface area contributed by atoms with Gasteiger partial charge in [0.25, 0.3) is 17.7 Å². The molecule has 6 aliphatic rings. The summed E-state index contributed by atoms with van der Waals surface area (Å²) in [4.78, 5) is 124. The van der Waals surface area contributed by atoms with Crippen LogP contribution in [0.3, 0.4) is 0 Å². The second-order valence-electron chi connectivity index (χ2n) is 29.0. The number of benzene rings is 4. The SMILES string of the molecule is CC(=O)Oc1ccccc1C(=O)N(C1CCCCC1)C(C(=O)NC1CCCCC1)C1CCCCC1.CCCCNC(=O)C(C1CCCCC1)N(C(=O)c1ccccc1OC(C)=O)C1CCCCC1.CCCCNC(=O)C(C1CCCCC1)N(C(=O)c1ccccc1OC(C)=O)c1ccccc1. The first kappa shape index (κ1) is 78.8. The van der Waals surface area contributed by atoms with Crippen LogP contribution in [-0.2, 0) is 28.8 Å². The van der Waals surface area contributed by atoms with Gasteiger partial charge in [-0.2, -0.15) is 0 Å². The summed E-state index contributed by atoms with van der Waals surface area (Å²) in [6.45, 7) is 9.40. The summed E-state index contributed by atoms with van der Waals surface area (Å²) in [5.41, 5.74) is 1.65. The average molecular weight is 1390 g/mol. The van der Waals surface area contributed by atoms with Crippen molar-refractivity contribution in [2.75, 3.05) is 18.0 Å². The van der Waals surface area contributed by atoms with Crippen molar-refractivity contribution in [3.05, 3.63) is 120 Å². The first-order valence-corrected chi connectivity index (χ1v) is 38.8. The van der Waals surface area contributed by atoms with E-state index >= 15 is 0 Å². The zero-order chi connectivity index (χ0) is 71.9. The molecular weight excluding hydrogens is 1270 g/mol. The van der Waals surface area contributed by atoms with Crippen LogP contribution in [0, 0.1) is 17.8 Å². The molecule has 6 fully saturated rings. The van der Waals surface area contributed by atoms with Crippen LogP contribution in [0.2, 0.25) is 0 Å². The summed E-state index contributed by atoms with van der Waals surface area (Å²) in [6, 6.07) is 28.6. The molecule has 18 heteroatoms. The summed E-state index contributed by atoms with van der Waals surface area (Å²) in [5.74, 6) is -1.13. The maximum absolute atomic E-state index is 14.3. The standard InChI is InChI=1S/C29H42N2O4.C27H40N2O4.C27H34N2O4/c1-21(32)35-26-20-12-11-19-25(26)29(34)31(24-17-9-4-10-18-24)27(22-13-5-2-6-14-22)28(33)30-23-15-7-3-8-16-23;2*1-3-4-19-28-26(31)25(21-13-7-5-8-14-21)29(22-15-9-6-10-16-22)27(32)23-17-11-12-18-24(23)33-20(2)30/h11-12,19-20,22-24,27H,2-10,13-18H2,1H3,(H,30,33);11-12,17-18,21-22,25H,3-10,13-16,19H2,1-2H3,(H,28,31);6,9-12,15-18,21,25H,3-5,7-8,13-14,19H2,1-2H3,(H,28,31). The number of hydrogen-bond acceptors (Lipinski definition) is 12. The van der Waals surface area contributed by atoms with Crippen molar-refractivity contribution >= 4 is 59.0 Å². The van der Waals surface area contributed by atoms with Crippen LogP contribution in [0.1, 0.15) is 284 Å². The lowest BCUT2D eigenvalue weighted by atomic mass is 9.80. The third-order valence-corrected chi connectivity index (χ3v) is 21.4. The molecule has 4 aromatic carbocycles. The van der Waals surface area contributed by atoms with Gasteiger partial charge in [-0.05, 0) is 156 Å². The topological polar surface area (TPSA) is 227 Å². The van der Waals surface area contributed by atoms with E-state index in [0.29, 0.717) is 29.9 Å². The quantitative estimate of drug-likeness (QED) is 0.0320. The van der Waals surface area contributed by atoms with Gasteiger partial charge in [0.2, 0.25) is 17.7 Å². The first-order valence-electron chi connectivity index (χ1n) is 38.8. The van der Waals surface area contributed by atoms with Crippen molar-refractivity contribution in [1.82, 2.24) is 25.8 Å². The Morgan fingerprint density at radius 1 is 0.366 bits per heavy atom. The minimum Gasteiger partial charge on any atom is -0.426 e. The third kappa shape index (κ3) is 23.3. The van der Waals surface area contributed by atoms with Crippen LogP contribution in [0.25, 0.3) is 0 Å². The fourth-order valence-corrected chi connectivity index (χ4v) is 16.4. The summed E-state index contributed by atoms with van der Waals surface area (Å²) < 4.78 is 16.1. The van der Waals surface area contributed by atoms with Gasteiger partial charge in [0, 0.05) is 57.7 Å². The van der Waals surface area contributed by atoms with Crippen molar-refractivity contribution in [2.24, 2.45) is 17.8 Å². The van der Waals surface area contributed by atoms with Gasteiger partial charge in [-0.15, -0.1) is 0 Å². The minimum atomic E-state index is -0.637. The molecule has 550 valence electrons. The molecule has 0 spiro atoms. The van der Waals surface area contributed by atoms with Gasteiger partial charge in [-0.25, -0.2) is 0 Å². The molecule has 0 radical (unpaired) electrons. The van der Waals surface area contributed by atoms with Crippen molar-refractivity contribution < 1.29 is 57.4 Å². The van der Waals surface area contributed by atoms with Crippen LogP contribution in [0.4, 0.5) is 5.69 Å². The number of amides is 6. The molecule has 3 N–H and O–H groups in total. The van der Waals surface area contributed by atoms with Gasteiger partial charge in [0.15, 0.2) is 0 Å². The molecule has 4 aromatic rings. The van der Waals surface area contributed by atoms with E-state index in [1.807, 2.05) is 40.1 Å². The van der Waals surface area contributed by atoms with E-state index in [2.05, 4.69) is 29.8 Å². The second-order valence-corrected chi connectivity index (χ2v) is 29.0. The monoisotopic (exact) mass is 1390 g/mol. The van der Waals surface area contributed by atoms with Crippen molar-refractivity contribution in [1.29, 1.82) is 0 Å². The molecule has 101 heavy (non-hydrogen) atoms. The van der Waals surface area contributed by atoms with Crippen molar-refractivity contribution in [3.8, 4) is 17.2 Å². The van der Waals surface area contributed by atoms with Crippen LogP contribution in [0.15, 0.2) is 103 Å². The molecule has 10 rings (SSSR count). The smallest absolute Gasteiger partial charge is 0.308 e. The number of para-hydroxylation sites is 4. The predicted octanol–water partition coefficient (Wildman–Crippen LogP) is 16.2. The number of carbonyl (C=O) groups excluding carboxylic acids is 9. The molecule has 6 saturated carbocycles. The Morgan fingerprint density at radius 2 is 0.673 bits per heavy atom. The molecular formula is C83H116N6O12. The third-order valence-electron chi connectivity index (χ3n) is 21.4. The lowest BCUT2D eigenvalue weighted by Crippen LogP contribution is -2.59. The highest BCUT2D eigenvalue weighted by Crippen LogP contribution is 2.40. The largest absolute Gasteiger partial charge is 0.426 e. The molecule has 3 unspecified atom stereocenters. The molecule has 18 nitrogen and oxygen atoms in total. The van der Waals surface area contributed by atoms with E-state index in [-0.39, 0.29) is 94.1 Å². The fourth-order valence-electron chi connectivity index (χ4n) is 16.4. The maximum Gasteiger partial charge on any atom is 0.308 e. The second kappa shape index (κ2) is 41.9. The fraction of sp³-hybridized carbons (Fsp3) is 0.602. The summed E-state index contributed by atoms with van der Waals surface area (Å²) in [5, 5.41) is 9.57. The number of ether oxygens (including phenoxy) is 3. The Morgan fingerprint density at radius 3 is 1.04 bits per heavy atom. The van der Waals surface area contributed by atoms with Crippen LogP contribution < -0.4 is 35.1 Å². The van der Waals surface area contributed by atoms with Gasteiger partial charge < -0.3 is 40.0 Å². The lowest BCUT2D eigenvalue weighted by Gasteiger charge is -2.44. The molecule has 0 bridgehead atoms. The van der Waals surface area contributed by atoms with Gasteiger partial charge in [0.1, 0.15) is 35.4 Å². The number of anilines is 1. The first-order chi connectivity index (χ1) is 49.1. The predicted molar refractivity (Wildman–Crippen MR) is 395 cm³/mol. The lowest BCUT2D eigenvalue weighted by molar-refractivity contribution is -0.132. The molecule has 3 atom stereocenters. The maximum atomic E-state index is 14.3. The molecule has 0 aliphatic heterocycles. The van der Waals surface area contributed by atoms with Gasteiger partial charge in [-0.1, -0.05) is 197 Å². The van der Waals surface area contributed by atoms with Crippen LogP contribution in [-0.4, -0.2) is 112 Å². The van der Waals surface area contributed by atoms with Crippen LogP contribution in [0.5, 0.6) is 17.2 Å². The Hall–Kier alpha value is -7.89. The summed E-state index contributed by atoms with van der Waals surface area (Å²) in [7, 11) is 0. The van der Waals surface area contributed by atoms with E-state index in [1.165, 1.54) is 52.9 Å². The van der Waals surface area contributed by atoms with Crippen LogP contribution >= 0.6 is 0 Å². The Labute approximate surface area is 601 Å². The number of hydrogen-bond donors (Lipinski definition) is 3. The average Bonchev–Trinajstić information content (AvgIpc) is 0.798. The molecule has 0 aromatic heterocycles. The van der Waals surface area contributed by atoms with Crippen molar-refractivity contribution in [3.63, 3.8) is 0 Å². The van der Waals surface area contributed by atoms with E-state index in [9.17, 15) is 43.2 Å². The number of nitrogens with one attached hydrogen (secondary N) is 3. The minimum absolute atomic E-state index is 0.0210.